The number of hydrogen-bond donors (Lipinski definition) is 1. The second-order valence-electron chi connectivity index (χ2n) is 7.78. The second-order valence-corrected chi connectivity index (χ2v) is 7.78. The van der Waals surface area contributed by atoms with Gasteiger partial charge >= 0.3 is 5.97 Å². The number of aliphatic carboxylic acids is 1. The van der Waals surface area contributed by atoms with E-state index in [4.69, 9.17) is 5.11 Å². The number of carbonyl (C=O) groups excluding carboxylic acids is 1. The summed E-state index contributed by atoms with van der Waals surface area (Å²) in [6.07, 6.45) is 7.73. The lowest BCUT2D eigenvalue weighted by molar-refractivity contribution is -0.163. The lowest BCUT2D eigenvalue weighted by Gasteiger charge is -2.57. The van der Waals surface area contributed by atoms with Crippen LogP contribution in [0.3, 0.4) is 0 Å². The average Bonchev–Trinajstić information content (AvgIpc) is 2.41. The zero-order valence-corrected chi connectivity index (χ0v) is 13.2. The van der Waals surface area contributed by atoms with Crippen LogP contribution in [0.4, 0.5) is 0 Å². The molecule has 4 bridgehead atoms. The summed E-state index contributed by atoms with van der Waals surface area (Å²) in [6, 6.07) is 0.0154. The van der Waals surface area contributed by atoms with Crippen molar-refractivity contribution in [2.75, 3.05) is 6.54 Å². The summed E-state index contributed by atoms with van der Waals surface area (Å²) in [5.41, 5.74) is -0.229. The molecule has 0 spiro atoms. The number of hydrogen-bond acceptors (Lipinski definition) is 2. The monoisotopic (exact) mass is 293 g/mol. The lowest BCUT2D eigenvalue weighted by atomic mass is 9.49. The van der Waals surface area contributed by atoms with Crippen molar-refractivity contribution in [3.8, 4) is 0 Å². The van der Waals surface area contributed by atoms with Gasteiger partial charge in [-0.05, 0) is 69.6 Å². The lowest BCUT2D eigenvalue weighted by Crippen LogP contribution is -2.56. The minimum Gasteiger partial charge on any atom is -0.480 e. The molecule has 4 saturated carbocycles. The standard InChI is InChI=1S/C17H27NO3/c1-3-11(2)18(10-15(19)20)16(21)17-7-12-4-13(8-17)6-14(5-12)9-17/h11-14H,3-10H2,1-2H3,(H,19,20). The molecule has 4 aliphatic carbocycles. The summed E-state index contributed by atoms with van der Waals surface area (Å²) >= 11 is 0. The molecule has 1 atom stereocenters. The van der Waals surface area contributed by atoms with E-state index in [0.717, 1.165) is 25.7 Å². The van der Waals surface area contributed by atoms with E-state index in [1.165, 1.54) is 19.3 Å². The summed E-state index contributed by atoms with van der Waals surface area (Å²) in [6.45, 7) is 3.85. The van der Waals surface area contributed by atoms with Crippen molar-refractivity contribution in [3.05, 3.63) is 0 Å². The smallest absolute Gasteiger partial charge is 0.323 e. The summed E-state index contributed by atoms with van der Waals surface area (Å²) in [5, 5.41) is 9.17. The molecule has 0 saturated heterocycles. The largest absolute Gasteiger partial charge is 0.480 e. The van der Waals surface area contributed by atoms with Gasteiger partial charge in [-0.1, -0.05) is 6.92 Å². The maximum Gasteiger partial charge on any atom is 0.323 e. The zero-order valence-electron chi connectivity index (χ0n) is 13.2. The highest BCUT2D eigenvalue weighted by atomic mass is 16.4. The van der Waals surface area contributed by atoms with Gasteiger partial charge in [-0.15, -0.1) is 0 Å². The van der Waals surface area contributed by atoms with Gasteiger partial charge in [0.15, 0.2) is 0 Å². The molecule has 0 heterocycles. The number of nitrogens with zero attached hydrogens (tertiary/aromatic N) is 1. The van der Waals surface area contributed by atoms with E-state index in [9.17, 15) is 9.59 Å². The first kappa shape index (κ1) is 14.9. The molecular weight excluding hydrogens is 266 g/mol. The molecule has 118 valence electrons. The highest BCUT2D eigenvalue weighted by Crippen LogP contribution is 2.60. The van der Waals surface area contributed by atoms with Crippen LogP contribution in [-0.4, -0.2) is 34.5 Å². The van der Waals surface area contributed by atoms with E-state index >= 15 is 0 Å². The normalized spacial score (nSPS) is 38.3. The van der Waals surface area contributed by atoms with Crippen LogP contribution in [-0.2, 0) is 9.59 Å². The fourth-order valence-electron chi connectivity index (χ4n) is 5.47. The van der Waals surface area contributed by atoms with Crippen LogP contribution in [0.25, 0.3) is 0 Å². The summed E-state index contributed by atoms with van der Waals surface area (Å²) in [7, 11) is 0. The third-order valence-corrected chi connectivity index (χ3v) is 6.18. The topological polar surface area (TPSA) is 57.6 Å². The van der Waals surface area contributed by atoms with Gasteiger partial charge in [0, 0.05) is 6.04 Å². The molecule has 0 aromatic heterocycles. The Balaban J connectivity index is 1.83. The molecule has 0 radical (unpaired) electrons. The Morgan fingerprint density at radius 3 is 2.00 bits per heavy atom. The predicted molar refractivity (Wildman–Crippen MR) is 79.7 cm³/mol. The van der Waals surface area contributed by atoms with Crippen molar-refractivity contribution in [1.82, 2.24) is 4.90 Å². The van der Waals surface area contributed by atoms with Gasteiger partial charge in [0.2, 0.25) is 5.91 Å². The van der Waals surface area contributed by atoms with Crippen molar-refractivity contribution < 1.29 is 14.7 Å². The third-order valence-electron chi connectivity index (χ3n) is 6.18. The summed E-state index contributed by atoms with van der Waals surface area (Å²) in [5.74, 6) is 1.38. The molecule has 21 heavy (non-hydrogen) atoms. The van der Waals surface area contributed by atoms with Crippen LogP contribution < -0.4 is 0 Å². The van der Waals surface area contributed by atoms with E-state index in [1.807, 2.05) is 13.8 Å². The van der Waals surface area contributed by atoms with Gasteiger partial charge in [0.1, 0.15) is 6.54 Å². The number of carboxylic acid groups (broad SMARTS) is 1. The quantitative estimate of drug-likeness (QED) is 0.848. The number of rotatable bonds is 5. The Morgan fingerprint density at radius 1 is 1.14 bits per heavy atom. The molecule has 1 N–H and O–H groups in total. The molecule has 1 amide bonds. The number of carboxylic acids is 1. The summed E-state index contributed by atoms with van der Waals surface area (Å²) in [4.78, 5) is 26.0. The summed E-state index contributed by atoms with van der Waals surface area (Å²) < 4.78 is 0. The molecule has 4 rings (SSSR count). The van der Waals surface area contributed by atoms with Gasteiger partial charge in [-0.2, -0.15) is 0 Å². The van der Waals surface area contributed by atoms with Gasteiger partial charge in [0.25, 0.3) is 0 Å². The maximum absolute atomic E-state index is 13.2. The van der Waals surface area contributed by atoms with Crippen LogP contribution in [0, 0.1) is 23.2 Å². The Kier molecular flexibility index (Phi) is 3.74. The van der Waals surface area contributed by atoms with Crippen molar-refractivity contribution in [2.24, 2.45) is 23.2 Å². The highest BCUT2D eigenvalue weighted by Gasteiger charge is 2.55. The Labute approximate surface area is 126 Å². The van der Waals surface area contributed by atoms with Crippen LogP contribution >= 0.6 is 0 Å². The van der Waals surface area contributed by atoms with Crippen LogP contribution in [0.2, 0.25) is 0 Å². The zero-order chi connectivity index (χ0) is 15.2. The molecule has 0 aliphatic heterocycles. The van der Waals surface area contributed by atoms with E-state index in [0.29, 0.717) is 17.8 Å². The SMILES string of the molecule is CCC(C)N(CC(=O)O)C(=O)C12CC3CC(CC(C3)C1)C2. The average molecular weight is 293 g/mol. The van der Waals surface area contributed by atoms with E-state index in [1.54, 1.807) is 4.90 Å². The number of carbonyl (C=O) groups is 2. The van der Waals surface area contributed by atoms with Crippen molar-refractivity contribution in [1.29, 1.82) is 0 Å². The van der Waals surface area contributed by atoms with E-state index < -0.39 is 5.97 Å². The molecule has 0 aromatic carbocycles. The van der Waals surface area contributed by atoms with Crippen LogP contribution in [0.5, 0.6) is 0 Å². The fraction of sp³-hybridized carbons (Fsp3) is 0.882. The van der Waals surface area contributed by atoms with Crippen molar-refractivity contribution in [3.63, 3.8) is 0 Å². The Bertz CT molecular complexity index is 410. The van der Waals surface area contributed by atoms with Crippen molar-refractivity contribution >= 4 is 11.9 Å². The first-order chi connectivity index (χ1) is 9.93. The maximum atomic E-state index is 13.2. The number of amides is 1. The second kappa shape index (κ2) is 5.29. The minimum atomic E-state index is -0.895. The van der Waals surface area contributed by atoms with E-state index in [2.05, 4.69) is 0 Å². The Morgan fingerprint density at radius 2 is 1.62 bits per heavy atom. The third kappa shape index (κ3) is 2.58. The van der Waals surface area contributed by atoms with Gasteiger partial charge < -0.3 is 10.0 Å². The molecule has 4 fully saturated rings. The van der Waals surface area contributed by atoms with Crippen LogP contribution in [0.1, 0.15) is 58.8 Å². The highest BCUT2D eigenvalue weighted by molar-refractivity contribution is 5.86. The minimum absolute atomic E-state index is 0.0154. The molecule has 0 aromatic rings. The molecule has 4 heteroatoms. The Hall–Kier alpha value is -1.06. The first-order valence-electron chi connectivity index (χ1n) is 8.46. The first-order valence-corrected chi connectivity index (χ1v) is 8.46. The molecular formula is C17H27NO3. The van der Waals surface area contributed by atoms with Gasteiger partial charge in [0.05, 0.1) is 5.41 Å². The van der Waals surface area contributed by atoms with E-state index in [-0.39, 0.29) is 23.9 Å². The fourth-order valence-corrected chi connectivity index (χ4v) is 5.47. The molecule has 4 aliphatic rings. The van der Waals surface area contributed by atoms with Gasteiger partial charge in [-0.25, -0.2) is 0 Å². The van der Waals surface area contributed by atoms with Crippen molar-refractivity contribution in [2.45, 2.75) is 64.8 Å². The van der Waals surface area contributed by atoms with Crippen LogP contribution in [0.15, 0.2) is 0 Å². The molecule has 1 unspecified atom stereocenters. The molecule has 4 nitrogen and oxygen atoms in total. The predicted octanol–water partition coefficient (Wildman–Crippen LogP) is 2.91. The van der Waals surface area contributed by atoms with Gasteiger partial charge in [-0.3, -0.25) is 9.59 Å².